The Morgan fingerprint density at radius 3 is 3.06 bits per heavy atom. The van der Waals surface area contributed by atoms with E-state index in [9.17, 15) is 0 Å². The summed E-state index contributed by atoms with van der Waals surface area (Å²) >= 11 is 3.36. The van der Waals surface area contributed by atoms with Gasteiger partial charge in [0.15, 0.2) is 0 Å². The van der Waals surface area contributed by atoms with Crippen LogP contribution in [0.5, 0.6) is 11.6 Å². The number of pyridine rings is 2. The Morgan fingerprint density at radius 2 is 2.28 bits per heavy atom. The molecule has 18 heavy (non-hydrogen) atoms. The maximum absolute atomic E-state index is 5.74. The lowest BCUT2D eigenvalue weighted by atomic mass is 10.2. The highest BCUT2D eigenvalue weighted by atomic mass is 79.9. The van der Waals surface area contributed by atoms with Gasteiger partial charge in [0.05, 0.1) is 6.20 Å². The third kappa shape index (κ3) is 3.51. The van der Waals surface area contributed by atoms with Gasteiger partial charge in [-0.1, -0.05) is 13.0 Å². The molecule has 0 aromatic carbocycles. The Hall–Kier alpha value is -1.46. The topological polar surface area (TPSA) is 47.0 Å². The summed E-state index contributed by atoms with van der Waals surface area (Å²) in [6.45, 7) is 3.71. The zero-order valence-corrected chi connectivity index (χ0v) is 11.6. The number of hydrogen-bond donors (Lipinski definition) is 1. The minimum absolute atomic E-state index is 0.610. The summed E-state index contributed by atoms with van der Waals surface area (Å²) in [7, 11) is 0. The first kappa shape index (κ1) is 13.0. The largest absolute Gasteiger partial charge is 0.437 e. The van der Waals surface area contributed by atoms with Gasteiger partial charge in [-0.3, -0.25) is 4.98 Å². The summed E-state index contributed by atoms with van der Waals surface area (Å²) < 4.78 is 6.62. The Kier molecular flexibility index (Phi) is 4.66. The van der Waals surface area contributed by atoms with Crippen LogP contribution in [0.3, 0.4) is 0 Å². The quantitative estimate of drug-likeness (QED) is 0.922. The molecule has 0 radical (unpaired) electrons. The molecule has 0 amide bonds. The van der Waals surface area contributed by atoms with E-state index in [1.165, 1.54) is 0 Å². The van der Waals surface area contributed by atoms with Crippen molar-refractivity contribution >= 4 is 15.9 Å². The third-order valence-corrected chi connectivity index (χ3v) is 2.74. The summed E-state index contributed by atoms with van der Waals surface area (Å²) in [6.07, 6.45) is 5.09. The molecule has 1 N–H and O–H groups in total. The lowest BCUT2D eigenvalue weighted by Crippen LogP contribution is -2.12. The Morgan fingerprint density at radius 1 is 1.39 bits per heavy atom. The van der Waals surface area contributed by atoms with Crippen LogP contribution >= 0.6 is 15.9 Å². The predicted molar refractivity (Wildman–Crippen MR) is 73.6 cm³/mol. The monoisotopic (exact) mass is 307 g/mol. The lowest BCUT2D eigenvalue weighted by molar-refractivity contribution is 0.451. The van der Waals surface area contributed by atoms with Crippen molar-refractivity contribution < 1.29 is 4.74 Å². The highest BCUT2D eigenvalue weighted by Gasteiger charge is 2.06. The average Bonchev–Trinajstić information content (AvgIpc) is 2.38. The normalized spacial score (nSPS) is 10.3. The van der Waals surface area contributed by atoms with E-state index in [-0.39, 0.29) is 0 Å². The summed E-state index contributed by atoms with van der Waals surface area (Å²) in [5.74, 6) is 1.28. The fourth-order valence-electron chi connectivity index (χ4n) is 1.47. The summed E-state index contributed by atoms with van der Waals surface area (Å²) in [6, 6.07) is 5.76. The van der Waals surface area contributed by atoms with Crippen molar-refractivity contribution in [2.45, 2.75) is 13.5 Å². The van der Waals surface area contributed by atoms with Crippen LogP contribution < -0.4 is 10.1 Å². The minimum Gasteiger partial charge on any atom is -0.437 e. The zero-order chi connectivity index (χ0) is 12.8. The highest BCUT2D eigenvalue weighted by Crippen LogP contribution is 2.24. The number of ether oxygens (including phenoxy) is 1. The molecule has 5 heteroatoms. The second-order valence-corrected chi connectivity index (χ2v) is 4.60. The molecule has 0 saturated carbocycles. The fourth-order valence-corrected chi connectivity index (χ4v) is 1.81. The predicted octanol–water partition coefficient (Wildman–Crippen LogP) is 3.14. The van der Waals surface area contributed by atoms with Gasteiger partial charge in [0.25, 0.3) is 0 Å². The van der Waals surface area contributed by atoms with Crippen LogP contribution in [-0.2, 0) is 6.54 Å². The molecule has 0 atom stereocenters. The Bertz CT molecular complexity index is 519. The molecule has 94 valence electrons. The summed E-state index contributed by atoms with van der Waals surface area (Å²) in [5, 5.41) is 3.26. The molecule has 0 spiro atoms. The number of hydrogen-bond acceptors (Lipinski definition) is 4. The first-order valence-corrected chi connectivity index (χ1v) is 6.52. The highest BCUT2D eigenvalue weighted by molar-refractivity contribution is 9.10. The number of aromatic nitrogens is 2. The molecule has 2 heterocycles. The van der Waals surface area contributed by atoms with Crippen molar-refractivity contribution in [1.29, 1.82) is 0 Å². The van der Waals surface area contributed by atoms with Crippen molar-refractivity contribution in [1.82, 2.24) is 15.3 Å². The molecule has 0 aliphatic carbocycles. The molecule has 2 rings (SSSR count). The lowest BCUT2D eigenvalue weighted by Gasteiger charge is -2.09. The standard InChI is InChI=1S/C13H14BrN3O/c1-2-15-7-10-4-3-5-17-13(10)18-12-6-11(14)8-16-9-12/h3-6,8-9,15H,2,7H2,1H3. The third-order valence-electron chi connectivity index (χ3n) is 2.31. The van der Waals surface area contributed by atoms with Crippen LogP contribution in [0, 0.1) is 0 Å². The van der Waals surface area contributed by atoms with Gasteiger partial charge in [-0.15, -0.1) is 0 Å². The first-order chi connectivity index (χ1) is 8.79. The van der Waals surface area contributed by atoms with Crippen LogP contribution in [0.1, 0.15) is 12.5 Å². The van der Waals surface area contributed by atoms with E-state index in [4.69, 9.17) is 4.74 Å². The molecule has 0 saturated heterocycles. The van der Waals surface area contributed by atoms with Gasteiger partial charge in [0.2, 0.25) is 5.88 Å². The summed E-state index contributed by atoms with van der Waals surface area (Å²) in [4.78, 5) is 8.31. The van der Waals surface area contributed by atoms with Crippen molar-refractivity contribution in [3.8, 4) is 11.6 Å². The number of rotatable bonds is 5. The first-order valence-electron chi connectivity index (χ1n) is 5.72. The van der Waals surface area contributed by atoms with Gasteiger partial charge < -0.3 is 10.1 Å². The van der Waals surface area contributed by atoms with Crippen molar-refractivity contribution in [3.63, 3.8) is 0 Å². The molecule has 0 bridgehead atoms. The smallest absolute Gasteiger partial charge is 0.223 e. The van der Waals surface area contributed by atoms with E-state index in [2.05, 4.69) is 38.1 Å². The molecular formula is C13H14BrN3O. The second-order valence-electron chi connectivity index (χ2n) is 3.69. The zero-order valence-electron chi connectivity index (χ0n) is 10.1. The molecule has 0 aliphatic rings. The molecule has 0 fully saturated rings. The molecule has 2 aromatic heterocycles. The van der Waals surface area contributed by atoms with Gasteiger partial charge in [-0.05, 0) is 34.6 Å². The van der Waals surface area contributed by atoms with Crippen LogP contribution in [0.15, 0.2) is 41.3 Å². The van der Waals surface area contributed by atoms with Gasteiger partial charge >= 0.3 is 0 Å². The average molecular weight is 308 g/mol. The SMILES string of the molecule is CCNCc1cccnc1Oc1cncc(Br)c1. The van der Waals surface area contributed by atoms with Crippen LogP contribution in [0.4, 0.5) is 0 Å². The van der Waals surface area contributed by atoms with Gasteiger partial charge in [0.1, 0.15) is 5.75 Å². The van der Waals surface area contributed by atoms with Crippen LogP contribution in [0.25, 0.3) is 0 Å². The maximum Gasteiger partial charge on any atom is 0.223 e. The summed E-state index contributed by atoms with van der Waals surface area (Å²) in [5.41, 5.74) is 1.03. The maximum atomic E-state index is 5.74. The molecule has 0 aliphatic heterocycles. The molecule has 4 nitrogen and oxygen atoms in total. The van der Waals surface area contributed by atoms with E-state index in [0.29, 0.717) is 11.6 Å². The van der Waals surface area contributed by atoms with Gasteiger partial charge in [-0.2, -0.15) is 0 Å². The second kappa shape index (κ2) is 6.47. The van der Waals surface area contributed by atoms with Crippen molar-refractivity contribution in [3.05, 3.63) is 46.8 Å². The van der Waals surface area contributed by atoms with E-state index < -0.39 is 0 Å². The van der Waals surface area contributed by atoms with E-state index in [1.54, 1.807) is 18.6 Å². The van der Waals surface area contributed by atoms with Crippen molar-refractivity contribution in [2.75, 3.05) is 6.54 Å². The Labute approximate surface area is 115 Å². The molecular weight excluding hydrogens is 294 g/mol. The molecule has 0 unspecified atom stereocenters. The van der Waals surface area contributed by atoms with Gasteiger partial charge in [-0.25, -0.2) is 4.98 Å². The van der Waals surface area contributed by atoms with Crippen LogP contribution in [-0.4, -0.2) is 16.5 Å². The number of halogens is 1. The van der Waals surface area contributed by atoms with Crippen LogP contribution in [0.2, 0.25) is 0 Å². The fraction of sp³-hybridized carbons (Fsp3) is 0.231. The number of nitrogens with one attached hydrogen (secondary N) is 1. The minimum atomic E-state index is 0.610. The van der Waals surface area contributed by atoms with Gasteiger partial charge in [0, 0.05) is 29.0 Å². The Balaban J connectivity index is 2.17. The molecule has 2 aromatic rings. The van der Waals surface area contributed by atoms with E-state index >= 15 is 0 Å². The van der Waals surface area contributed by atoms with E-state index in [0.717, 1.165) is 23.1 Å². The van der Waals surface area contributed by atoms with Crippen molar-refractivity contribution in [2.24, 2.45) is 0 Å². The number of nitrogens with zero attached hydrogens (tertiary/aromatic N) is 2. The van der Waals surface area contributed by atoms with E-state index in [1.807, 2.05) is 18.2 Å².